The molecule has 0 amide bonds. The third kappa shape index (κ3) is 5.43. The SMILES string of the molecule is CC1NNc2ccc(-c3cc(NC(CO)c4ccccc4)cnc3-c3ccccc3NS(C)(=O)=O)cc21. The van der Waals surface area contributed by atoms with Gasteiger partial charge in [-0.05, 0) is 47.9 Å². The Morgan fingerprint density at radius 3 is 2.51 bits per heavy atom. The molecule has 0 radical (unpaired) electrons. The highest BCUT2D eigenvalue weighted by atomic mass is 32.2. The Hall–Kier alpha value is -3.92. The summed E-state index contributed by atoms with van der Waals surface area (Å²) in [7, 11) is -3.49. The first-order chi connectivity index (χ1) is 17.8. The zero-order valence-corrected chi connectivity index (χ0v) is 21.4. The van der Waals surface area contributed by atoms with E-state index in [4.69, 9.17) is 4.98 Å². The second-order valence-corrected chi connectivity index (χ2v) is 10.9. The first-order valence-electron chi connectivity index (χ1n) is 12.0. The summed E-state index contributed by atoms with van der Waals surface area (Å²) >= 11 is 0. The third-order valence-electron chi connectivity index (χ3n) is 6.34. The van der Waals surface area contributed by atoms with Crippen LogP contribution in [0.2, 0.25) is 0 Å². The van der Waals surface area contributed by atoms with Crippen molar-refractivity contribution in [3.63, 3.8) is 0 Å². The summed E-state index contributed by atoms with van der Waals surface area (Å²) in [6, 6.07) is 24.9. The largest absolute Gasteiger partial charge is 0.394 e. The number of hydrogen-bond donors (Lipinski definition) is 5. The van der Waals surface area contributed by atoms with Gasteiger partial charge in [-0.25, -0.2) is 13.8 Å². The van der Waals surface area contributed by atoms with Gasteiger partial charge in [0.2, 0.25) is 10.0 Å². The van der Waals surface area contributed by atoms with Crippen molar-refractivity contribution in [1.82, 2.24) is 10.4 Å². The molecule has 37 heavy (non-hydrogen) atoms. The van der Waals surface area contributed by atoms with Crippen molar-refractivity contribution in [2.75, 3.05) is 28.3 Å². The number of fused-ring (bicyclic) bond motifs is 1. The topological polar surface area (TPSA) is 115 Å². The summed E-state index contributed by atoms with van der Waals surface area (Å²) in [6.07, 6.45) is 2.84. The lowest BCUT2D eigenvalue weighted by Gasteiger charge is -2.20. The van der Waals surface area contributed by atoms with E-state index in [1.807, 2.05) is 60.7 Å². The molecule has 2 heterocycles. The summed E-state index contributed by atoms with van der Waals surface area (Å²) in [4.78, 5) is 4.80. The number of aliphatic hydroxyl groups excluding tert-OH is 1. The van der Waals surface area contributed by atoms with Crippen molar-refractivity contribution in [2.45, 2.75) is 19.0 Å². The molecule has 0 aliphatic carbocycles. The zero-order chi connectivity index (χ0) is 26.0. The molecular formula is C28H29N5O3S. The number of pyridine rings is 1. The fourth-order valence-electron chi connectivity index (χ4n) is 4.54. The van der Waals surface area contributed by atoms with Crippen molar-refractivity contribution in [3.05, 3.63) is 96.2 Å². The molecule has 9 heteroatoms. The van der Waals surface area contributed by atoms with Crippen molar-refractivity contribution in [3.8, 4) is 22.4 Å². The van der Waals surface area contributed by atoms with Gasteiger partial charge in [-0.2, -0.15) is 0 Å². The van der Waals surface area contributed by atoms with E-state index in [1.54, 1.807) is 18.3 Å². The molecule has 0 saturated heterocycles. The Morgan fingerprint density at radius 1 is 1.00 bits per heavy atom. The van der Waals surface area contributed by atoms with Crippen molar-refractivity contribution < 1.29 is 13.5 Å². The fraction of sp³-hybridized carbons (Fsp3) is 0.179. The van der Waals surface area contributed by atoms with Gasteiger partial charge in [0.25, 0.3) is 0 Å². The van der Waals surface area contributed by atoms with Crippen LogP contribution < -0.4 is 20.9 Å². The van der Waals surface area contributed by atoms with Gasteiger partial charge >= 0.3 is 0 Å². The van der Waals surface area contributed by atoms with E-state index in [-0.39, 0.29) is 18.7 Å². The minimum absolute atomic E-state index is 0.0874. The van der Waals surface area contributed by atoms with Gasteiger partial charge in [-0.15, -0.1) is 0 Å². The Kier molecular flexibility index (Phi) is 6.84. The third-order valence-corrected chi connectivity index (χ3v) is 6.93. The van der Waals surface area contributed by atoms with Crippen LogP contribution in [0, 0.1) is 0 Å². The Bertz CT molecular complexity index is 1530. The van der Waals surface area contributed by atoms with E-state index >= 15 is 0 Å². The van der Waals surface area contributed by atoms with Crippen LogP contribution in [0.1, 0.15) is 30.1 Å². The molecule has 1 aliphatic rings. The first-order valence-corrected chi connectivity index (χ1v) is 13.9. The Balaban J connectivity index is 1.63. The molecule has 4 aromatic rings. The average Bonchev–Trinajstić information content (AvgIpc) is 3.27. The van der Waals surface area contributed by atoms with E-state index in [9.17, 15) is 13.5 Å². The highest BCUT2D eigenvalue weighted by Gasteiger charge is 2.21. The summed E-state index contributed by atoms with van der Waals surface area (Å²) in [5.41, 5.74) is 13.8. The van der Waals surface area contributed by atoms with Crippen molar-refractivity contribution >= 4 is 27.1 Å². The van der Waals surface area contributed by atoms with E-state index in [0.29, 0.717) is 16.9 Å². The number of rotatable bonds is 8. The monoisotopic (exact) mass is 515 g/mol. The predicted octanol–water partition coefficient (Wildman–Crippen LogP) is 4.92. The maximum absolute atomic E-state index is 12.1. The zero-order valence-electron chi connectivity index (χ0n) is 20.6. The molecular weight excluding hydrogens is 486 g/mol. The van der Waals surface area contributed by atoms with Gasteiger partial charge in [0.1, 0.15) is 0 Å². The molecule has 0 spiro atoms. The second-order valence-electron chi connectivity index (χ2n) is 9.12. The van der Waals surface area contributed by atoms with Crippen molar-refractivity contribution in [2.24, 2.45) is 0 Å². The number of hydrazine groups is 1. The molecule has 190 valence electrons. The molecule has 5 N–H and O–H groups in total. The van der Waals surface area contributed by atoms with E-state index in [0.717, 1.165) is 39.9 Å². The van der Waals surface area contributed by atoms with Crippen LogP contribution in [-0.4, -0.2) is 31.4 Å². The molecule has 1 aromatic heterocycles. The minimum Gasteiger partial charge on any atom is -0.394 e. The van der Waals surface area contributed by atoms with Gasteiger partial charge in [-0.1, -0.05) is 54.6 Å². The molecule has 2 unspecified atom stereocenters. The number of nitrogens with one attached hydrogen (secondary N) is 4. The van der Waals surface area contributed by atoms with Crippen LogP contribution in [0.4, 0.5) is 17.1 Å². The summed E-state index contributed by atoms with van der Waals surface area (Å²) in [5, 5.41) is 13.5. The number of sulfonamides is 1. The minimum atomic E-state index is -3.49. The van der Waals surface area contributed by atoms with Crippen LogP contribution in [0.25, 0.3) is 22.4 Å². The molecule has 0 fully saturated rings. The standard InChI is InChI=1S/C28H29N5O3S/c1-18-23-14-20(12-13-25(23)32-31-18)24-15-21(30-27(17-34)19-8-4-3-5-9-19)16-29-28(24)22-10-6-7-11-26(22)33-37(2,35)36/h3-16,18,27,30-34H,17H2,1-2H3. The fourth-order valence-corrected chi connectivity index (χ4v) is 5.12. The lowest BCUT2D eigenvalue weighted by Crippen LogP contribution is -2.15. The molecule has 0 bridgehead atoms. The number of anilines is 3. The van der Waals surface area contributed by atoms with Gasteiger partial charge in [0, 0.05) is 11.1 Å². The van der Waals surface area contributed by atoms with Crippen LogP contribution in [-0.2, 0) is 10.0 Å². The summed E-state index contributed by atoms with van der Waals surface area (Å²) < 4.78 is 26.8. The van der Waals surface area contributed by atoms with Gasteiger partial charge in [0.05, 0.1) is 53.9 Å². The quantitative estimate of drug-likeness (QED) is 0.226. The van der Waals surface area contributed by atoms with Gasteiger partial charge < -0.3 is 15.8 Å². The number of nitrogens with zero attached hydrogens (tertiary/aromatic N) is 1. The smallest absolute Gasteiger partial charge is 0.229 e. The Morgan fingerprint density at radius 2 is 1.76 bits per heavy atom. The normalized spacial score (nSPS) is 15.5. The van der Waals surface area contributed by atoms with E-state index in [2.05, 4.69) is 33.9 Å². The number of para-hydroxylation sites is 1. The lowest BCUT2D eigenvalue weighted by molar-refractivity contribution is 0.276. The van der Waals surface area contributed by atoms with Crippen LogP contribution in [0.15, 0.2) is 85.1 Å². The van der Waals surface area contributed by atoms with Crippen LogP contribution in [0.5, 0.6) is 0 Å². The Labute approximate surface area is 216 Å². The molecule has 1 aliphatic heterocycles. The molecule has 5 rings (SSSR count). The predicted molar refractivity (Wildman–Crippen MR) is 149 cm³/mol. The average molecular weight is 516 g/mol. The highest BCUT2D eigenvalue weighted by molar-refractivity contribution is 7.92. The summed E-state index contributed by atoms with van der Waals surface area (Å²) in [5.74, 6) is 0. The van der Waals surface area contributed by atoms with E-state index in [1.165, 1.54) is 0 Å². The van der Waals surface area contributed by atoms with Crippen LogP contribution in [0.3, 0.4) is 0 Å². The number of aliphatic hydroxyl groups is 1. The maximum Gasteiger partial charge on any atom is 0.229 e. The first kappa shape index (κ1) is 24.8. The second kappa shape index (κ2) is 10.2. The highest BCUT2D eigenvalue weighted by Crippen LogP contribution is 2.39. The van der Waals surface area contributed by atoms with Gasteiger partial charge in [0.15, 0.2) is 0 Å². The summed E-state index contributed by atoms with van der Waals surface area (Å²) in [6.45, 7) is 1.99. The number of hydrogen-bond acceptors (Lipinski definition) is 7. The lowest BCUT2D eigenvalue weighted by atomic mass is 9.95. The van der Waals surface area contributed by atoms with Crippen molar-refractivity contribution in [1.29, 1.82) is 0 Å². The van der Waals surface area contributed by atoms with Crippen LogP contribution >= 0.6 is 0 Å². The number of benzene rings is 3. The molecule has 3 aromatic carbocycles. The maximum atomic E-state index is 12.1. The molecule has 2 atom stereocenters. The molecule has 8 nitrogen and oxygen atoms in total. The molecule has 0 saturated carbocycles. The van der Waals surface area contributed by atoms with Gasteiger partial charge in [-0.3, -0.25) is 9.71 Å². The number of aromatic nitrogens is 1. The van der Waals surface area contributed by atoms with E-state index < -0.39 is 10.0 Å².